The SMILES string of the molecule is CCCCCCCCCCCCCCCCCC(=O)NC(N)C(=O)CCc1ccc(O)cc1. The van der Waals surface area contributed by atoms with Gasteiger partial charge in [0.05, 0.1) is 0 Å². The molecule has 0 fully saturated rings. The monoisotopic (exact) mass is 460 g/mol. The van der Waals surface area contributed by atoms with Crippen molar-refractivity contribution in [2.75, 3.05) is 0 Å². The van der Waals surface area contributed by atoms with E-state index < -0.39 is 6.17 Å². The summed E-state index contributed by atoms with van der Waals surface area (Å²) in [6.45, 7) is 2.27. The van der Waals surface area contributed by atoms with E-state index in [1.807, 2.05) is 0 Å². The Bertz CT molecular complexity index is 631. The fraction of sp³-hybridized carbons (Fsp3) is 0.714. The first-order valence-electron chi connectivity index (χ1n) is 13.4. The van der Waals surface area contributed by atoms with Crippen LogP contribution in [0.25, 0.3) is 0 Å². The molecule has 0 aliphatic heterocycles. The van der Waals surface area contributed by atoms with Crippen LogP contribution < -0.4 is 11.1 Å². The normalized spacial score (nSPS) is 11.9. The van der Waals surface area contributed by atoms with Gasteiger partial charge < -0.3 is 16.2 Å². The molecule has 0 spiro atoms. The van der Waals surface area contributed by atoms with Crippen LogP contribution in [0.4, 0.5) is 0 Å². The largest absolute Gasteiger partial charge is 0.508 e. The predicted octanol–water partition coefficient (Wildman–Crippen LogP) is 6.56. The highest BCUT2D eigenvalue weighted by Gasteiger charge is 2.15. The average molecular weight is 461 g/mol. The van der Waals surface area contributed by atoms with Crippen LogP contribution in [0.15, 0.2) is 24.3 Å². The second-order valence-corrected chi connectivity index (χ2v) is 9.38. The zero-order chi connectivity index (χ0) is 24.2. The highest BCUT2D eigenvalue weighted by molar-refractivity contribution is 5.88. The van der Waals surface area contributed by atoms with Gasteiger partial charge in [0.2, 0.25) is 5.91 Å². The van der Waals surface area contributed by atoms with Crippen LogP contribution >= 0.6 is 0 Å². The number of phenolic OH excluding ortho intramolecular Hbond substituents is 1. The Morgan fingerprint density at radius 3 is 1.70 bits per heavy atom. The number of unbranched alkanes of at least 4 members (excludes halogenated alkanes) is 14. The molecule has 1 rings (SSSR count). The van der Waals surface area contributed by atoms with Crippen LogP contribution in [0.5, 0.6) is 5.75 Å². The first-order valence-corrected chi connectivity index (χ1v) is 13.4. The van der Waals surface area contributed by atoms with E-state index in [0.717, 1.165) is 18.4 Å². The number of benzene rings is 1. The molecule has 0 heterocycles. The summed E-state index contributed by atoms with van der Waals surface area (Å²) in [4.78, 5) is 24.2. The maximum absolute atomic E-state index is 12.1. The topological polar surface area (TPSA) is 92.4 Å². The van der Waals surface area contributed by atoms with Gasteiger partial charge in [-0.25, -0.2) is 0 Å². The van der Waals surface area contributed by atoms with E-state index in [1.165, 1.54) is 83.5 Å². The number of aryl methyl sites for hydroxylation is 1. The van der Waals surface area contributed by atoms with Gasteiger partial charge in [-0.05, 0) is 30.5 Å². The molecule has 1 amide bonds. The summed E-state index contributed by atoms with van der Waals surface area (Å²) < 4.78 is 0. The van der Waals surface area contributed by atoms with Crippen molar-refractivity contribution in [2.45, 2.75) is 129 Å². The smallest absolute Gasteiger partial charge is 0.221 e. The molecule has 0 saturated carbocycles. The maximum Gasteiger partial charge on any atom is 0.221 e. The van der Waals surface area contributed by atoms with Crippen molar-refractivity contribution in [1.82, 2.24) is 5.32 Å². The molecule has 0 radical (unpaired) electrons. The molecule has 1 aromatic carbocycles. The van der Waals surface area contributed by atoms with Gasteiger partial charge in [0, 0.05) is 12.8 Å². The lowest BCUT2D eigenvalue weighted by atomic mass is 10.0. The van der Waals surface area contributed by atoms with Crippen molar-refractivity contribution in [3.8, 4) is 5.75 Å². The second kappa shape index (κ2) is 19.6. The third-order valence-electron chi connectivity index (χ3n) is 6.27. The van der Waals surface area contributed by atoms with Gasteiger partial charge in [-0.2, -0.15) is 0 Å². The summed E-state index contributed by atoms with van der Waals surface area (Å²) in [7, 11) is 0. The first-order chi connectivity index (χ1) is 16.0. The van der Waals surface area contributed by atoms with Gasteiger partial charge in [0.15, 0.2) is 5.78 Å². The molecular weight excluding hydrogens is 412 g/mol. The third kappa shape index (κ3) is 16.4. The number of phenols is 1. The molecule has 0 aliphatic rings. The first kappa shape index (κ1) is 29.2. The molecule has 0 aromatic heterocycles. The fourth-order valence-electron chi connectivity index (χ4n) is 4.07. The number of hydrogen-bond donors (Lipinski definition) is 3. The van der Waals surface area contributed by atoms with E-state index in [9.17, 15) is 14.7 Å². The fourth-order valence-corrected chi connectivity index (χ4v) is 4.07. The molecule has 4 N–H and O–H groups in total. The minimum Gasteiger partial charge on any atom is -0.508 e. The number of rotatable bonds is 21. The lowest BCUT2D eigenvalue weighted by molar-refractivity contribution is -0.127. The number of amides is 1. The second-order valence-electron chi connectivity index (χ2n) is 9.38. The minimum atomic E-state index is -0.939. The van der Waals surface area contributed by atoms with E-state index in [0.29, 0.717) is 12.8 Å². The number of Topliss-reactive ketones (excluding diaryl/α,β-unsaturated/α-hetero) is 1. The minimum absolute atomic E-state index is 0.143. The quantitative estimate of drug-likeness (QED) is 0.143. The molecule has 188 valence electrons. The number of carbonyl (C=O) groups is 2. The molecule has 33 heavy (non-hydrogen) atoms. The summed E-state index contributed by atoms with van der Waals surface area (Å²) in [6.07, 6.45) is 19.7. The Morgan fingerprint density at radius 1 is 0.758 bits per heavy atom. The molecular formula is C28H48N2O3. The van der Waals surface area contributed by atoms with Gasteiger partial charge in [-0.1, -0.05) is 109 Å². The van der Waals surface area contributed by atoms with Crippen LogP contribution in [0.3, 0.4) is 0 Å². The molecule has 1 aromatic rings. The number of ketones is 1. The molecule has 0 aliphatic carbocycles. The maximum atomic E-state index is 12.1. The van der Waals surface area contributed by atoms with Crippen LogP contribution in [0.2, 0.25) is 0 Å². The Kier molecular flexibility index (Phi) is 17.3. The number of nitrogens with two attached hydrogens (primary N) is 1. The number of aromatic hydroxyl groups is 1. The number of hydrogen-bond acceptors (Lipinski definition) is 4. The molecule has 0 saturated heterocycles. The van der Waals surface area contributed by atoms with Crippen molar-refractivity contribution < 1.29 is 14.7 Å². The zero-order valence-corrected chi connectivity index (χ0v) is 21.0. The Labute approximate surface area is 201 Å². The van der Waals surface area contributed by atoms with Crippen molar-refractivity contribution in [1.29, 1.82) is 0 Å². The number of nitrogens with one attached hydrogen (secondary N) is 1. The van der Waals surface area contributed by atoms with Crippen molar-refractivity contribution >= 4 is 11.7 Å². The van der Waals surface area contributed by atoms with Crippen LogP contribution in [0, 0.1) is 0 Å². The van der Waals surface area contributed by atoms with Gasteiger partial charge in [-0.15, -0.1) is 0 Å². The molecule has 1 unspecified atom stereocenters. The van der Waals surface area contributed by atoms with Gasteiger partial charge >= 0.3 is 0 Å². The lowest BCUT2D eigenvalue weighted by Gasteiger charge is -2.13. The summed E-state index contributed by atoms with van der Waals surface area (Å²) in [5.41, 5.74) is 6.80. The standard InChI is InChI=1S/C28H48N2O3/c1-2-3-4-5-6-7-8-9-10-11-12-13-14-15-16-17-27(33)30-28(29)26(32)23-20-24-18-21-25(31)22-19-24/h18-19,21-22,28,31H,2-17,20,23,29H2,1H3,(H,30,33). The van der Waals surface area contributed by atoms with Crippen molar-refractivity contribution in [3.05, 3.63) is 29.8 Å². The van der Waals surface area contributed by atoms with E-state index in [4.69, 9.17) is 5.73 Å². The Hall–Kier alpha value is -1.88. The van der Waals surface area contributed by atoms with E-state index in [2.05, 4.69) is 12.2 Å². The average Bonchev–Trinajstić information content (AvgIpc) is 2.81. The van der Waals surface area contributed by atoms with Crippen LogP contribution in [-0.2, 0) is 16.0 Å². The highest BCUT2D eigenvalue weighted by Crippen LogP contribution is 2.14. The van der Waals surface area contributed by atoms with Gasteiger partial charge in [-0.3, -0.25) is 9.59 Å². The number of carbonyl (C=O) groups excluding carboxylic acids is 2. The van der Waals surface area contributed by atoms with E-state index >= 15 is 0 Å². The molecule has 5 heteroatoms. The van der Waals surface area contributed by atoms with E-state index in [-0.39, 0.29) is 23.9 Å². The predicted molar refractivity (Wildman–Crippen MR) is 137 cm³/mol. The molecule has 0 bridgehead atoms. The van der Waals surface area contributed by atoms with Crippen molar-refractivity contribution in [3.63, 3.8) is 0 Å². The summed E-state index contributed by atoms with van der Waals surface area (Å²) in [6, 6.07) is 6.75. The van der Waals surface area contributed by atoms with Crippen molar-refractivity contribution in [2.24, 2.45) is 5.73 Å². The Balaban J connectivity index is 1.91. The lowest BCUT2D eigenvalue weighted by Crippen LogP contribution is -2.47. The zero-order valence-electron chi connectivity index (χ0n) is 21.0. The van der Waals surface area contributed by atoms with Gasteiger partial charge in [0.25, 0.3) is 0 Å². The van der Waals surface area contributed by atoms with Crippen LogP contribution in [-0.4, -0.2) is 23.0 Å². The van der Waals surface area contributed by atoms with E-state index in [1.54, 1.807) is 24.3 Å². The Morgan fingerprint density at radius 2 is 1.21 bits per heavy atom. The summed E-state index contributed by atoms with van der Waals surface area (Å²) in [5.74, 6) is -0.115. The molecule has 5 nitrogen and oxygen atoms in total. The highest BCUT2D eigenvalue weighted by atomic mass is 16.3. The van der Waals surface area contributed by atoms with Crippen LogP contribution in [0.1, 0.15) is 122 Å². The summed E-state index contributed by atoms with van der Waals surface area (Å²) in [5, 5.41) is 11.9. The molecule has 1 atom stereocenters. The third-order valence-corrected chi connectivity index (χ3v) is 6.27. The van der Waals surface area contributed by atoms with Gasteiger partial charge in [0.1, 0.15) is 11.9 Å². The summed E-state index contributed by atoms with van der Waals surface area (Å²) >= 11 is 0.